The van der Waals surface area contributed by atoms with Crippen molar-refractivity contribution < 1.29 is 19.2 Å². The van der Waals surface area contributed by atoms with E-state index >= 15 is 0 Å². The number of aryl methyl sites for hydroxylation is 2. The Balaban J connectivity index is 1.81. The van der Waals surface area contributed by atoms with Crippen LogP contribution < -0.4 is 5.32 Å². The fourth-order valence-electron chi connectivity index (χ4n) is 2.99. The summed E-state index contributed by atoms with van der Waals surface area (Å²) in [5.74, 6) is -1.30. The standard InChI is InChI=1S/C22H27N3O4/c1-15(22(29)25-19(14-26)12-16(2)27)11-20(28)21-23-13-18(24-21)10-6-9-17-7-4-3-5-8-17/h3-5,7-8,13-15,19H,6,9-12H2,1-2H3,(H,23,24)(H,25,29)/t15-,19+/m1/s1. The van der Waals surface area contributed by atoms with Crippen molar-refractivity contribution in [3.8, 4) is 0 Å². The van der Waals surface area contributed by atoms with Gasteiger partial charge in [-0.2, -0.15) is 0 Å². The van der Waals surface area contributed by atoms with Crippen molar-refractivity contribution in [1.29, 1.82) is 0 Å². The zero-order valence-corrected chi connectivity index (χ0v) is 16.8. The summed E-state index contributed by atoms with van der Waals surface area (Å²) in [5, 5.41) is 2.49. The molecule has 1 amide bonds. The molecule has 7 heteroatoms. The lowest BCUT2D eigenvalue weighted by molar-refractivity contribution is -0.128. The van der Waals surface area contributed by atoms with Gasteiger partial charge in [0, 0.05) is 30.7 Å². The van der Waals surface area contributed by atoms with Gasteiger partial charge >= 0.3 is 0 Å². The molecule has 1 aromatic heterocycles. The third-order valence-electron chi connectivity index (χ3n) is 4.59. The molecule has 1 heterocycles. The summed E-state index contributed by atoms with van der Waals surface area (Å²) in [5.41, 5.74) is 2.14. The molecule has 0 saturated carbocycles. The molecule has 154 valence electrons. The van der Waals surface area contributed by atoms with Crippen molar-refractivity contribution in [2.24, 2.45) is 5.92 Å². The first-order valence-electron chi connectivity index (χ1n) is 9.75. The van der Waals surface area contributed by atoms with Crippen LogP contribution in [0.1, 0.15) is 55.0 Å². The van der Waals surface area contributed by atoms with E-state index in [1.54, 1.807) is 13.1 Å². The zero-order chi connectivity index (χ0) is 21.2. The molecule has 1 aromatic carbocycles. The van der Waals surface area contributed by atoms with E-state index in [0.717, 1.165) is 25.0 Å². The normalized spacial score (nSPS) is 12.8. The Morgan fingerprint density at radius 2 is 1.86 bits per heavy atom. The largest absolute Gasteiger partial charge is 0.346 e. The highest BCUT2D eigenvalue weighted by molar-refractivity contribution is 5.96. The Hall–Kier alpha value is -3.09. The van der Waals surface area contributed by atoms with Crippen LogP contribution in [0.25, 0.3) is 0 Å². The van der Waals surface area contributed by atoms with Crippen LogP contribution in [0.5, 0.6) is 0 Å². The van der Waals surface area contributed by atoms with Crippen molar-refractivity contribution >= 4 is 23.8 Å². The van der Waals surface area contributed by atoms with Crippen molar-refractivity contribution in [3.05, 3.63) is 53.6 Å². The number of nitrogens with zero attached hydrogens (tertiary/aromatic N) is 1. The Bertz CT molecular complexity index is 845. The number of hydrogen-bond donors (Lipinski definition) is 2. The van der Waals surface area contributed by atoms with Crippen LogP contribution in [0.3, 0.4) is 0 Å². The number of amides is 1. The van der Waals surface area contributed by atoms with Crippen molar-refractivity contribution in [2.45, 2.75) is 52.0 Å². The minimum atomic E-state index is -0.864. The van der Waals surface area contributed by atoms with Gasteiger partial charge in [0.2, 0.25) is 5.91 Å². The molecule has 7 nitrogen and oxygen atoms in total. The molecule has 0 aliphatic carbocycles. The molecule has 2 N–H and O–H groups in total. The van der Waals surface area contributed by atoms with Gasteiger partial charge in [-0.1, -0.05) is 37.3 Å². The number of nitrogens with one attached hydrogen (secondary N) is 2. The molecule has 0 bridgehead atoms. The first-order chi connectivity index (χ1) is 13.9. The van der Waals surface area contributed by atoms with Crippen LogP contribution in [-0.2, 0) is 27.2 Å². The smallest absolute Gasteiger partial charge is 0.223 e. The molecule has 2 rings (SSSR count). The number of rotatable bonds is 12. The second-order valence-corrected chi connectivity index (χ2v) is 7.28. The number of carbonyl (C=O) groups is 4. The molecule has 0 spiro atoms. The van der Waals surface area contributed by atoms with E-state index in [1.165, 1.54) is 12.5 Å². The van der Waals surface area contributed by atoms with E-state index in [1.807, 2.05) is 18.2 Å². The van der Waals surface area contributed by atoms with E-state index in [0.29, 0.717) is 6.29 Å². The number of benzene rings is 1. The number of ketones is 2. The number of carbonyl (C=O) groups excluding carboxylic acids is 4. The molecule has 0 aliphatic rings. The molecule has 29 heavy (non-hydrogen) atoms. The van der Waals surface area contributed by atoms with E-state index < -0.39 is 17.9 Å². The Labute approximate surface area is 170 Å². The first kappa shape index (κ1) is 22.2. The lowest BCUT2D eigenvalue weighted by Gasteiger charge is -2.15. The fraction of sp³-hybridized carbons (Fsp3) is 0.409. The summed E-state index contributed by atoms with van der Waals surface area (Å²) in [7, 11) is 0. The summed E-state index contributed by atoms with van der Waals surface area (Å²) in [6.07, 6.45) is 4.74. The third-order valence-corrected chi connectivity index (χ3v) is 4.59. The van der Waals surface area contributed by atoms with E-state index in [-0.39, 0.29) is 30.2 Å². The number of aromatic nitrogens is 2. The number of aldehydes is 1. The fourth-order valence-corrected chi connectivity index (χ4v) is 2.99. The number of hydrogen-bond acceptors (Lipinski definition) is 5. The SMILES string of the molecule is CC(=O)C[C@@H](C=O)NC(=O)[C@H](C)CC(=O)c1ncc(CCCc2ccccc2)[nH]1. The summed E-state index contributed by atoms with van der Waals surface area (Å²) in [6.45, 7) is 2.95. The van der Waals surface area contributed by atoms with Gasteiger partial charge in [-0.15, -0.1) is 0 Å². The average Bonchev–Trinajstić information content (AvgIpc) is 3.17. The van der Waals surface area contributed by atoms with Crippen LogP contribution >= 0.6 is 0 Å². The summed E-state index contributed by atoms with van der Waals surface area (Å²) in [6, 6.07) is 9.31. The minimum Gasteiger partial charge on any atom is -0.346 e. The highest BCUT2D eigenvalue weighted by atomic mass is 16.2. The van der Waals surface area contributed by atoms with E-state index in [4.69, 9.17) is 0 Å². The number of Topliss-reactive ketones (excluding diaryl/α,β-unsaturated/α-hetero) is 2. The topological polar surface area (TPSA) is 109 Å². The van der Waals surface area contributed by atoms with Crippen molar-refractivity contribution in [2.75, 3.05) is 0 Å². The lowest BCUT2D eigenvalue weighted by Crippen LogP contribution is -2.40. The maximum Gasteiger partial charge on any atom is 0.223 e. The average molecular weight is 397 g/mol. The number of H-pyrrole nitrogens is 1. The maximum absolute atomic E-state index is 12.4. The quantitative estimate of drug-likeness (QED) is 0.422. The lowest BCUT2D eigenvalue weighted by atomic mass is 10.0. The van der Waals surface area contributed by atoms with Crippen LogP contribution in [-0.4, -0.2) is 39.8 Å². The Morgan fingerprint density at radius 1 is 1.14 bits per heavy atom. The second-order valence-electron chi connectivity index (χ2n) is 7.28. The van der Waals surface area contributed by atoms with Gasteiger partial charge in [0.1, 0.15) is 12.1 Å². The van der Waals surface area contributed by atoms with Gasteiger partial charge in [-0.25, -0.2) is 4.98 Å². The van der Waals surface area contributed by atoms with Crippen LogP contribution in [0.2, 0.25) is 0 Å². The van der Waals surface area contributed by atoms with Crippen LogP contribution in [0, 0.1) is 5.92 Å². The Kier molecular flexibility index (Phi) is 8.45. The van der Waals surface area contributed by atoms with Gasteiger partial charge in [-0.3, -0.25) is 14.4 Å². The van der Waals surface area contributed by atoms with Crippen molar-refractivity contribution in [3.63, 3.8) is 0 Å². The summed E-state index contributed by atoms with van der Waals surface area (Å²) < 4.78 is 0. The zero-order valence-electron chi connectivity index (χ0n) is 16.8. The molecular weight excluding hydrogens is 370 g/mol. The minimum absolute atomic E-state index is 0.0333. The summed E-state index contributed by atoms with van der Waals surface area (Å²) in [4.78, 5) is 53.8. The molecule has 0 fully saturated rings. The number of imidazole rings is 1. The predicted octanol–water partition coefficient (Wildman–Crippen LogP) is 2.46. The first-order valence-corrected chi connectivity index (χ1v) is 9.75. The van der Waals surface area contributed by atoms with E-state index in [2.05, 4.69) is 27.4 Å². The monoisotopic (exact) mass is 397 g/mol. The molecule has 2 aromatic rings. The highest BCUT2D eigenvalue weighted by Crippen LogP contribution is 2.11. The van der Waals surface area contributed by atoms with Gasteiger partial charge in [-0.05, 0) is 31.7 Å². The van der Waals surface area contributed by atoms with Crippen LogP contribution in [0.4, 0.5) is 0 Å². The predicted molar refractivity (Wildman–Crippen MR) is 108 cm³/mol. The molecule has 0 saturated heterocycles. The second kappa shape index (κ2) is 11.0. The molecule has 0 radical (unpaired) electrons. The van der Waals surface area contributed by atoms with Crippen LogP contribution in [0.15, 0.2) is 36.5 Å². The molecule has 0 aliphatic heterocycles. The highest BCUT2D eigenvalue weighted by Gasteiger charge is 2.22. The Morgan fingerprint density at radius 3 is 2.52 bits per heavy atom. The maximum atomic E-state index is 12.4. The molecule has 2 atom stereocenters. The third kappa shape index (κ3) is 7.44. The van der Waals surface area contributed by atoms with Gasteiger partial charge in [0.05, 0.1) is 6.04 Å². The number of aromatic amines is 1. The summed E-state index contributed by atoms with van der Waals surface area (Å²) >= 11 is 0. The van der Waals surface area contributed by atoms with Gasteiger partial charge in [0.25, 0.3) is 0 Å². The van der Waals surface area contributed by atoms with Gasteiger partial charge < -0.3 is 15.1 Å². The van der Waals surface area contributed by atoms with Gasteiger partial charge in [0.15, 0.2) is 11.6 Å². The molecular formula is C22H27N3O4. The van der Waals surface area contributed by atoms with E-state index in [9.17, 15) is 19.2 Å². The molecule has 0 unspecified atom stereocenters. The van der Waals surface area contributed by atoms with Crippen molar-refractivity contribution in [1.82, 2.24) is 15.3 Å².